The number of allylic oxidation sites excluding steroid dienone is 1. The summed E-state index contributed by atoms with van der Waals surface area (Å²) in [5, 5.41) is 9.82. The molecule has 0 heterocycles. The van der Waals surface area contributed by atoms with Crippen molar-refractivity contribution in [1.82, 2.24) is 16.0 Å². The number of nitrogens with two attached hydrogens (primary N) is 1. The van der Waals surface area contributed by atoms with Crippen LogP contribution < -0.4 is 21.7 Å². The van der Waals surface area contributed by atoms with Crippen molar-refractivity contribution in [2.24, 2.45) is 17.6 Å². The molecule has 1 rings (SSSR count). The molecule has 0 amide bonds. The van der Waals surface area contributed by atoms with Crippen molar-refractivity contribution in [3.63, 3.8) is 0 Å². The van der Waals surface area contributed by atoms with E-state index >= 15 is 0 Å². The lowest BCUT2D eigenvalue weighted by Crippen LogP contribution is -2.49. The minimum Gasteiger partial charge on any atom is -0.362 e. The highest BCUT2D eigenvalue weighted by atomic mass is 19.1. The zero-order valence-electron chi connectivity index (χ0n) is 15.2. The predicted octanol–water partition coefficient (Wildman–Crippen LogP) is 3.03. The quantitative estimate of drug-likeness (QED) is 0.223. The second kappa shape index (κ2) is 13.4. The zero-order chi connectivity index (χ0) is 17.6. The van der Waals surface area contributed by atoms with Crippen LogP contribution in [0.5, 0.6) is 0 Å². The van der Waals surface area contributed by atoms with E-state index in [1.165, 1.54) is 12.8 Å². The molecule has 5 heteroatoms. The van der Waals surface area contributed by atoms with Crippen LogP contribution in [0.25, 0.3) is 0 Å². The van der Waals surface area contributed by atoms with E-state index < -0.39 is 0 Å². The molecule has 0 radical (unpaired) electrons. The Morgan fingerprint density at radius 3 is 2.79 bits per heavy atom. The molecule has 24 heavy (non-hydrogen) atoms. The lowest BCUT2D eigenvalue weighted by atomic mass is 9.80. The summed E-state index contributed by atoms with van der Waals surface area (Å²) in [4.78, 5) is 0. The Morgan fingerprint density at radius 2 is 2.04 bits per heavy atom. The third-order valence-electron chi connectivity index (χ3n) is 4.74. The van der Waals surface area contributed by atoms with Gasteiger partial charge in [-0.25, -0.2) is 0 Å². The molecule has 0 spiro atoms. The lowest BCUT2D eigenvalue weighted by molar-refractivity contribution is 0.214. The summed E-state index contributed by atoms with van der Waals surface area (Å²) in [6.07, 6.45) is 10.2. The van der Waals surface area contributed by atoms with Gasteiger partial charge in [-0.15, -0.1) is 6.58 Å². The lowest BCUT2D eigenvalue weighted by Gasteiger charge is -2.28. The first-order chi connectivity index (χ1) is 11.7. The van der Waals surface area contributed by atoms with E-state index in [4.69, 9.17) is 5.73 Å². The monoisotopic (exact) mass is 340 g/mol. The smallest absolute Gasteiger partial charge is 0.129 e. The van der Waals surface area contributed by atoms with Gasteiger partial charge in [0.1, 0.15) is 6.29 Å². The molecule has 1 saturated carbocycles. The Labute approximate surface area is 147 Å². The minimum atomic E-state index is -0.254. The summed E-state index contributed by atoms with van der Waals surface area (Å²) >= 11 is 0. The van der Waals surface area contributed by atoms with Crippen molar-refractivity contribution in [1.29, 1.82) is 0 Å². The Hall–Kier alpha value is -0.910. The maximum atomic E-state index is 12.8. The van der Waals surface area contributed by atoms with E-state index in [-0.39, 0.29) is 18.9 Å². The van der Waals surface area contributed by atoms with Gasteiger partial charge in [-0.3, -0.25) is 15.4 Å². The molecule has 1 aliphatic rings. The molecule has 0 saturated heterocycles. The maximum absolute atomic E-state index is 12.8. The van der Waals surface area contributed by atoms with Crippen molar-refractivity contribution in [3.8, 4) is 0 Å². The summed E-state index contributed by atoms with van der Waals surface area (Å²) in [7, 11) is 0. The van der Waals surface area contributed by atoms with E-state index in [1.54, 1.807) is 0 Å². The first kappa shape index (κ1) is 21.1. The van der Waals surface area contributed by atoms with Gasteiger partial charge in [-0.1, -0.05) is 25.5 Å². The largest absolute Gasteiger partial charge is 0.362 e. The van der Waals surface area contributed by atoms with Crippen molar-refractivity contribution in [2.75, 3.05) is 26.3 Å². The summed E-state index contributed by atoms with van der Waals surface area (Å²) in [6.45, 7) is 10.4. The van der Waals surface area contributed by atoms with E-state index in [0.29, 0.717) is 5.92 Å². The molecule has 0 bridgehead atoms. The van der Waals surface area contributed by atoms with E-state index in [0.717, 1.165) is 63.9 Å². The fraction of sp³-hybridized carbons (Fsp3) is 0.789. The SMILES string of the molecule is C=CCCNCCCNC(N)NC(=C)CCC1CCCC(CF)C1. The van der Waals surface area contributed by atoms with Gasteiger partial charge >= 0.3 is 0 Å². The topological polar surface area (TPSA) is 62.1 Å². The van der Waals surface area contributed by atoms with Crippen LogP contribution in [0.1, 0.15) is 51.4 Å². The van der Waals surface area contributed by atoms with Gasteiger partial charge in [0, 0.05) is 5.70 Å². The third kappa shape index (κ3) is 10.1. The number of hydrogen-bond donors (Lipinski definition) is 4. The highest BCUT2D eigenvalue weighted by Gasteiger charge is 2.21. The van der Waals surface area contributed by atoms with Crippen molar-refractivity contribution in [2.45, 2.75) is 57.7 Å². The van der Waals surface area contributed by atoms with Gasteiger partial charge in [0.25, 0.3) is 0 Å². The zero-order valence-corrected chi connectivity index (χ0v) is 15.2. The van der Waals surface area contributed by atoms with Crippen LogP contribution in [0.2, 0.25) is 0 Å². The number of hydrogen-bond acceptors (Lipinski definition) is 4. The first-order valence-electron chi connectivity index (χ1n) is 9.46. The molecule has 3 unspecified atom stereocenters. The van der Waals surface area contributed by atoms with Crippen LogP contribution in [-0.2, 0) is 0 Å². The van der Waals surface area contributed by atoms with Crippen LogP contribution in [0.3, 0.4) is 0 Å². The van der Waals surface area contributed by atoms with Crippen molar-refractivity contribution < 1.29 is 4.39 Å². The van der Waals surface area contributed by atoms with Gasteiger partial charge in [0.15, 0.2) is 0 Å². The normalized spacial score (nSPS) is 22.1. The van der Waals surface area contributed by atoms with Crippen LogP contribution in [0.15, 0.2) is 24.9 Å². The van der Waals surface area contributed by atoms with Crippen molar-refractivity contribution >= 4 is 0 Å². The maximum Gasteiger partial charge on any atom is 0.129 e. The van der Waals surface area contributed by atoms with Crippen LogP contribution in [0.4, 0.5) is 4.39 Å². The average Bonchev–Trinajstić information content (AvgIpc) is 2.59. The molecule has 0 aromatic heterocycles. The number of halogens is 1. The van der Waals surface area contributed by atoms with Crippen LogP contribution in [-0.4, -0.2) is 32.6 Å². The Kier molecular flexibility index (Phi) is 11.8. The van der Waals surface area contributed by atoms with Gasteiger partial charge in [0.2, 0.25) is 0 Å². The summed E-state index contributed by atoms with van der Waals surface area (Å²) < 4.78 is 12.8. The highest BCUT2D eigenvalue weighted by molar-refractivity contribution is 4.93. The molecular formula is C19H37FN4. The van der Waals surface area contributed by atoms with Gasteiger partial charge < -0.3 is 10.6 Å². The van der Waals surface area contributed by atoms with Crippen molar-refractivity contribution in [3.05, 3.63) is 24.9 Å². The molecular weight excluding hydrogens is 303 g/mol. The number of rotatable bonds is 14. The second-order valence-corrected chi connectivity index (χ2v) is 6.95. The standard InChI is InChI=1S/C19H37FN4/c1-3-4-11-22-12-6-13-23-19(21)24-16(2)9-10-17-7-5-8-18(14-17)15-20/h3,17-19,22-24H,1-2,4-15,21H2. The Morgan fingerprint density at radius 1 is 1.25 bits per heavy atom. The Balaban J connectivity index is 2.02. The van der Waals surface area contributed by atoms with Gasteiger partial charge in [-0.05, 0) is 70.0 Å². The summed E-state index contributed by atoms with van der Waals surface area (Å²) in [5.74, 6) is 0.929. The Bertz CT molecular complexity index is 348. The van der Waals surface area contributed by atoms with Crippen LogP contribution >= 0.6 is 0 Å². The van der Waals surface area contributed by atoms with E-state index in [9.17, 15) is 4.39 Å². The summed E-state index contributed by atoms with van der Waals surface area (Å²) in [5.41, 5.74) is 7.00. The second-order valence-electron chi connectivity index (χ2n) is 6.95. The molecule has 3 atom stereocenters. The number of alkyl halides is 1. The highest BCUT2D eigenvalue weighted by Crippen LogP contribution is 2.32. The van der Waals surface area contributed by atoms with Gasteiger partial charge in [-0.2, -0.15) is 0 Å². The molecule has 1 fully saturated rings. The predicted molar refractivity (Wildman–Crippen MR) is 101 cm³/mol. The van der Waals surface area contributed by atoms with Gasteiger partial charge in [0.05, 0.1) is 6.67 Å². The molecule has 1 aliphatic carbocycles. The van der Waals surface area contributed by atoms with Crippen LogP contribution in [0, 0.1) is 11.8 Å². The number of nitrogens with one attached hydrogen (secondary N) is 3. The summed E-state index contributed by atoms with van der Waals surface area (Å²) in [6, 6.07) is 0. The molecule has 5 N–H and O–H groups in total. The fourth-order valence-corrected chi connectivity index (χ4v) is 3.33. The molecule has 0 aromatic carbocycles. The van der Waals surface area contributed by atoms with E-state index in [1.807, 2.05) is 6.08 Å². The first-order valence-corrected chi connectivity index (χ1v) is 9.46. The average molecular weight is 341 g/mol. The fourth-order valence-electron chi connectivity index (χ4n) is 3.33. The van der Waals surface area contributed by atoms with E-state index in [2.05, 4.69) is 29.1 Å². The molecule has 0 aliphatic heterocycles. The minimum absolute atomic E-state index is 0.160. The molecule has 4 nitrogen and oxygen atoms in total. The third-order valence-corrected chi connectivity index (χ3v) is 4.74. The molecule has 140 valence electrons. The molecule has 0 aromatic rings.